The molecule has 1 aliphatic heterocycles. The average Bonchev–Trinajstić information content (AvgIpc) is 2.34. The van der Waals surface area contributed by atoms with E-state index in [1.165, 1.54) is 0 Å². The van der Waals surface area contributed by atoms with Gasteiger partial charge in [-0.15, -0.1) is 0 Å². The van der Waals surface area contributed by atoms with E-state index in [9.17, 15) is 4.79 Å². The van der Waals surface area contributed by atoms with Gasteiger partial charge in [0.15, 0.2) is 0 Å². The topological polar surface area (TPSA) is 46.3 Å². The minimum absolute atomic E-state index is 0.0935. The van der Waals surface area contributed by atoms with Crippen molar-refractivity contribution in [2.45, 2.75) is 6.42 Å². The van der Waals surface area contributed by atoms with E-state index in [1.54, 1.807) is 0 Å². The number of rotatable bonds is 1. The quantitative estimate of drug-likeness (QED) is 0.559. The summed E-state index contributed by atoms with van der Waals surface area (Å²) in [5.74, 6) is 0.532. The van der Waals surface area contributed by atoms with Gasteiger partial charge >= 0.3 is 0 Å². The van der Waals surface area contributed by atoms with E-state index in [4.69, 9.17) is 5.73 Å². The average molecular weight is 160 g/mol. The van der Waals surface area contributed by atoms with Crippen molar-refractivity contribution in [1.82, 2.24) is 4.90 Å². The Morgan fingerprint density at radius 1 is 1.80 bits per heavy atom. The van der Waals surface area contributed by atoms with E-state index in [2.05, 4.69) is 9.24 Å². The predicted octanol–water partition coefficient (Wildman–Crippen LogP) is 0.262. The lowest BCUT2D eigenvalue weighted by Gasteiger charge is -2.12. The predicted molar refractivity (Wildman–Crippen MR) is 43.8 cm³/mol. The van der Waals surface area contributed by atoms with Crippen molar-refractivity contribution in [1.29, 1.82) is 0 Å². The highest BCUT2D eigenvalue weighted by molar-refractivity contribution is 7.39. The van der Waals surface area contributed by atoms with Crippen molar-refractivity contribution in [2.24, 2.45) is 11.7 Å². The van der Waals surface area contributed by atoms with Gasteiger partial charge in [-0.2, -0.15) is 0 Å². The lowest BCUT2D eigenvalue weighted by Crippen LogP contribution is -2.24. The molecule has 1 aliphatic rings. The van der Waals surface area contributed by atoms with Gasteiger partial charge in [-0.3, -0.25) is 4.79 Å². The van der Waals surface area contributed by atoms with Crippen LogP contribution in [0.1, 0.15) is 6.42 Å². The molecule has 1 fully saturated rings. The maximum atomic E-state index is 10.8. The zero-order chi connectivity index (χ0) is 7.56. The second-order valence-electron chi connectivity index (χ2n) is 2.67. The summed E-state index contributed by atoms with van der Waals surface area (Å²) in [6.45, 7) is 2.43. The van der Waals surface area contributed by atoms with E-state index in [0.717, 1.165) is 19.5 Å². The standard InChI is InChI=1S/C6H13N2OP/c7-3-5-1-2-8(4-5)6(9)10/h5H,1-4,7,10H2. The summed E-state index contributed by atoms with van der Waals surface area (Å²) in [4.78, 5) is 12.6. The summed E-state index contributed by atoms with van der Waals surface area (Å²) >= 11 is 0. The Hall–Kier alpha value is -0.140. The number of likely N-dealkylation sites (tertiary alicyclic amines) is 1. The highest BCUT2D eigenvalue weighted by Crippen LogP contribution is 2.16. The molecule has 3 nitrogen and oxygen atoms in total. The Morgan fingerprint density at radius 3 is 2.80 bits per heavy atom. The van der Waals surface area contributed by atoms with Crippen molar-refractivity contribution < 1.29 is 4.79 Å². The molecule has 1 saturated heterocycles. The van der Waals surface area contributed by atoms with E-state index < -0.39 is 0 Å². The van der Waals surface area contributed by atoms with Crippen LogP contribution in [0.2, 0.25) is 0 Å². The molecule has 0 aliphatic carbocycles. The molecule has 1 rings (SSSR count). The van der Waals surface area contributed by atoms with Crippen LogP contribution in [-0.2, 0) is 0 Å². The summed E-state index contributed by atoms with van der Waals surface area (Å²) in [5, 5.41) is 0. The first-order valence-electron chi connectivity index (χ1n) is 3.48. The number of amides is 1. The molecule has 2 atom stereocenters. The summed E-state index contributed by atoms with van der Waals surface area (Å²) < 4.78 is 0. The van der Waals surface area contributed by atoms with Gasteiger partial charge < -0.3 is 10.6 Å². The minimum atomic E-state index is 0.0935. The summed E-state index contributed by atoms with van der Waals surface area (Å²) in [7, 11) is 2.19. The first kappa shape index (κ1) is 7.96. The van der Waals surface area contributed by atoms with Crippen LogP contribution < -0.4 is 5.73 Å². The molecule has 4 heteroatoms. The third-order valence-electron chi connectivity index (χ3n) is 1.93. The van der Waals surface area contributed by atoms with E-state index >= 15 is 0 Å². The molecule has 1 heterocycles. The number of hydrogen-bond acceptors (Lipinski definition) is 2. The van der Waals surface area contributed by atoms with Gasteiger partial charge in [-0.05, 0) is 28.1 Å². The van der Waals surface area contributed by atoms with Crippen LogP contribution in [0.25, 0.3) is 0 Å². The van der Waals surface area contributed by atoms with Crippen molar-refractivity contribution in [3.05, 3.63) is 0 Å². The molecule has 0 spiro atoms. The van der Waals surface area contributed by atoms with Gasteiger partial charge in [-0.25, -0.2) is 0 Å². The number of hydrogen-bond donors (Lipinski definition) is 1. The summed E-state index contributed by atoms with van der Waals surface area (Å²) in [6.07, 6.45) is 1.07. The molecule has 0 bridgehead atoms. The van der Waals surface area contributed by atoms with Gasteiger partial charge in [-0.1, -0.05) is 0 Å². The first-order valence-corrected chi connectivity index (χ1v) is 4.06. The number of carbonyl (C=O) groups excluding carboxylic acids is 1. The first-order chi connectivity index (χ1) is 4.74. The van der Waals surface area contributed by atoms with Crippen LogP contribution in [0.4, 0.5) is 4.79 Å². The van der Waals surface area contributed by atoms with E-state index in [0.29, 0.717) is 12.5 Å². The van der Waals surface area contributed by atoms with Crippen LogP contribution >= 0.6 is 9.24 Å². The Bertz CT molecular complexity index is 140. The maximum Gasteiger partial charge on any atom is 0.237 e. The van der Waals surface area contributed by atoms with Gasteiger partial charge in [0.25, 0.3) is 0 Å². The summed E-state index contributed by atoms with van der Waals surface area (Å²) in [5.41, 5.74) is 5.54. The Morgan fingerprint density at radius 2 is 2.50 bits per heavy atom. The van der Waals surface area contributed by atoms with Crippen molar-refractivity contribution in [3.8, 4) is 0 Å². The van der Waals surface area contributed by atoms with E-state index in [1.807, 2.05) is 4.90 Å². The molecule has 0 radical (unpaired) electrons. The smallest absolute Gasteiger partial charge is 0.237 e. The molecule has 2 unspecified atom stereocenters. The van der Waals surface area contributed by atoms with Gasteiger partial charge in [0.05, 0.1) is 0 Å². The van der Waals surface area contributed by atoms with Crippen LogP contribution in [-0.4, -0.2) is 30.2 Å². The Labute approximate surface area is 63.1 Å². The zero-order valence-electron chi connectivity index (χ0n) is 5.92. The zero-order valence-corrected chi connectivity index (χ0v) is 7.07. The van der Waals surface area contributed by atoms with Crippen LogP contribution in [0.5, 0.6) is 0 Å². The normalized spacial score (nSPS) is 25.4. The largest absolute Gasteiger partial charge is 0.339 e. The van der Waals surface area contributed by atoms with Crippen molar-refractivity contribution in [2.75, 3.05) is 19.6 Å². The van der Waals surface area contributed by atoms with Gasteiger partial charge in [0, 0.05) is 13.1 Å². The third-order valence-corrected chi connectivity index (χ3v) is 2.30. The van der Waals surface area contributed by atoms with Crippen LogP contribution in [0.15, 0.2) is 0 Å². The van der Waals surface area contributed by atoms with Crippen molar-refractivity contribution in [3.63, 3.8) is 0 Å². The second kappa shape index (κ2) is 3.31. The van der Waals surface area contributed by atoms with Gasteiger partial charge in [0.1, 0.15) is 0 Å². The fraction of sp³-hybridized carbons (Fsp3) is 0.833. The fourth-order valence-corrected chi connectivity index (χ4v) is 1.46. The molecular weight excluding hydrogens is 147 g/mol. The number of carbonyl (C=O) groups is 1. The molecule has 0 aromatic carbocycles. The fourth-order valence-electron chi connectivity index (χ4n) is 1.23. The molecule has 58 valence electrons. The Kier molecular flexibility index (Phi) is 2.64. The maximum absolute atomic E-state index is 10.8. The molecular formula is C6H13N2OP. The highest BCUT2D eigenvalue weighted by Gasteiger charge is 2.22. The monoisotopic (exact) mass is 160 g/mol. The van der Waals surface area contributed by atoms with Gasteiger partial charge in [0.2, 0.25) is 5.65 Å². The number of nitrogens with two attached hydrogens (primary N) is 1. The SMILES string of the molecule is NCC1CCN(C(=O)P)C1. The van der Waals surface area contributed by atoms with E-state index in [-0.39, 0.29) is 5.65 Å². The Balaban J connectivity index is 2.35. The van der Waals surface area contributed by atoms with Crippen molar-refractivity contribution >= 4 is 14.9 Å². The lowest BCUT2D eigenvalue weighted by atomic mass is 10.1. The molecule has 10 heavy (non-hydrogen) atoms. The third kappa shape index (κ3) is 1.68. The van der Waals surface area contributed by atoms with Crippen LogP contribution in [0, 0.1) is 5.92 Å². The summed E-state index contributed by atoms with van der Waals surface area (Å²) in [6, 6.07) is 0. The number of nitrogens with zero attached hydrogens (tertiary/aromatic N) is 1. The highest BCUT2D eigenvalue weighted by atomic mass is 31.0. The minimum Gasteiger partial charge on any atom is -0.339 e. The second-order valence-corrected chi connectivity index (χ2v) is 3.17. The molecule has 1 amide bonds. The lowest BCUT2D eigenvalue weighted by molar-refractivity contribution is 0.232. The van der Waals surface area contributed by atoms with Crippen LogP contribution in [0.3, 0.4) is 0 Å². The molecule has 0 aromatic rings. The molecule has 0 saturated carbocycles. The molecule has 0 aromatic heterocycles. The molecule has 2 N–H and O–H groups in total.